The van der Waals surface area contributed by atoms with E-state index in [-0.39, 0.29) is 5.56 Å². The third-order valence-corrected chi connectivity index (χ3v) is 5.03. The largest absolute Gasteiger partial charge is 0.352 e. The summed E-state index contributed by atoms with van der Waals surface area (Å²) in [5.74, 6) is -1.07. The number of nitrogens with zero attached hydrogens (tertiary/aromatic N) is 3. The molecule has 0 aromatic carbocycles. The van der Waals surface area contributed by atoms with Crippen molar-refractivity contribution in [1.29, 1.82) is 0 Å². The van der Waals surface area contributed by atoms with Crippen molar-refractivity contribution in [3.8, 4) is 0 Å². The van der Waals surface area contributed by atoms with Crippen LogP contribution in [0, 0.1) is 5.82 Å². The lowest BCUT2D eigenvalue weighted by molar-refractivity contribution is 0.0950. The molecule has 1 saturated heterocycles. The number of anilines is 1. The molecule has 5 nitrogen and oxygen atoms in total. The molecule has 0 bridgehead atoms. The van der Waals surface area contributed by atoms with E-state index in [9.17, 15) is 9.18 Å². The number of aromatic nitrogens is 2. The first-order valence-corrected chi connectivity index (χ1v) is 9.09. The van der Waals surface area contributed by atoms with E-state index in [1.807, 2.05) is 5.38 Å². The zero-order valence-corrected chi connectivity index (χ0v) is 14.8. The Kier molecular flexibility index (Phi) is 5.22. The smallest absolute Gasteiger partial charge is 0.254 e. The van der Waals surface area contributed by atoms with E-state index < -0.39 is 11.7 Å². The van der Waals surface area contributed by atoms with E-state index in [2.05, 4.69) is 36.1 Å². The van der Waals surface area contributed by atoms with Gasteiger partial charge in [0, 0.05) is 31.4 Å². The third-order valence-electron chi connectivity index (χ3n) is 3.65. The molecule has 122 valence electrons. The number of hydrogen-bond donors (Lipinski definition) is 1. The van der Waals surface area contributed by atoms with Crippen LogP contribution < -0.4 is 10.2 Å². The number of halogens is 2. The predicted molar refractivity (Wildman–Crippen MR) is 91.5 cm³/mol. The van der Waals surface area contributed by atoms with Gasteiger partial charge in [-0.05, 0) is 34.8 Å². The first kappa shape index (κ1) is 16.3. The number of nitrogens with one attached hydrogen (secondary N) is 1. The van der Waals surface area contributed by atoms with Gasteiger partial charge >= 0.3 is 0 Å². The summed E-state index contributed by atoms with van der Waals surface area (Å²) in [4.78, 5) is 22.6. The summed E-state index contributed by atoms with van der Waals surface area (Å²) in [5.41, 5.74) is 0.941. The lowest BCUT2D eigenvalue weighted by atomic mass is 10.2. The predicted octanol–water partition coefficient (Wildman–Crippen LogP) is 3.01. The Morgan fingerprint density at radius 1 is 1.43 bits per heavy atom. The van der Waals surface area contributed by atoms with Gasteiger partial charge in [0.1, 0.15) is 4.60 Å². The summed E-state index contributed by atoms with van der Waals surface area (Å²) in [5, 5.41) is 5.78. The van der Waals surface area contributed by atoms with Crippen molar-refractivity contribution >= 4 is 38.3 Å². The summed E-state index contributed by atoms with van der Waals surface area (Å²) in [6.07, 6.45) is 4.10. The molecule has 0 aliphatic carbocycles. The van der Waals surface area contributed by atoms with E-state index in [0.717, 1.165) is 30.1 Å². The normalized spacial score (nSPS) is 14.3. The lowest BCUT2D eigenvalue weighted by Crippen LogP contribution is -2.26. The Hall–Kier alpha value is -1.54. The highest BCUT2D eigenvalue weighted by atomic mass is 79.9. The second-order valence-corrected chi connectivity index (χ2v) is 6.96. The molecule has 2 aromatic rings. The number of thiazole rings is 1. The Bertz CT molecular complexity index is 703. The van der Waals surface area contributed by atoms with Crippen molar-refractivity contribution < 1.29 is 9.18 Å². The van der Waals surface area contributed by atoms with Gasteiger partial charge in [-0.3, -0.25) is 4.79 Å². The van der Waals surface area contributed by atoms with Crippen LogP contribution in [0.5, 0.6) is 0 Å². The first-order chi connectivity index (χ1) is 11.1. The molecule has 1 fully saturated rings. The standard InChI is InChI=1S/C15H16BrFN4OS/c16-13-7-11(12(17)8-19-13)14(22)18-4-3-10-9-23-15(20-10)21-5-1-2-6-21/h7-9H,1-6H2,(H,18,22). The number of rotatable bonds is 5. The van der Waals surface area contributed by atoms with E-state index in [1.54, 1.807) is 11.3 Å². The number of carbonyl (C=O) groups is 1. The maximum absolute atomic E-state index is 13.6. The van der Waals surface area contributed by atoms with Crippen molar-refractivity contribution in [2.24, 2.45) is 0 Å². The number of pyridine rings is 1. The molecule has 1 aliphatic heterocycles. The molecule has 1 aliphatic rings. The number of hydrogen-bond acceptors (Lipinski definition) is 5. The molecule has 1 amide bonds. The SMILES string of the molecule is O=C(NCCc1csc(N2CCCC2)n1)c1cc(Br)ncc1F. The van der Waals surface area contributed by atoms with Gasteiger partial charge in [-0.2, -0.15) is 0 Å². The van der Waals surface area contributed by atoms with Gasteiger partial charge in [0.2, 0.25) is 0 Å². The highest BCUT2D eigenvalue weighted by Crippen LogP contribution is 2.24. The van der Waals surface area contributed by atoms with Gasteiger partial charge in [-0.15, -0.1) is 11.3 Å². The zero-order chi connectivity index (χ0) is 16.2. The Morgan fingerprint density at radius 3 is 3.00 bits per heavy atom. The molecule has 3 rings (SSSR count). The fourth-order valence-corrected chi connectivity index (χ4v) is 3.70. The highest BCUT2D eigenvalue weighted by Gasteiger charge is 2.16. The molecule has 23 heavy (non-hydrogen) atoms. The minimum Gasteiger partial charge on any atom is -0.352 e. The van der Waals surface area contributed by atoms with Crippen LogP contribution in [0.15, 0.2) is 22.2 Å². The topological polar surface area (TPSA) is 58.1 Å². The number of amides is 1. The molecule has 2 aromatic heterocycles. The molecule has 0 atom stereocenters. The van der Waals surface area contributed by atoms with Crippen LogP contribution in [0.1, 0.15) is 28.9 Å². The molecule has 0 unspecified atom stereocenters. The molecule has 0 radical (unpaired) electrons. The Morgan fingerprint density at radius 2 is 2.22 bits per heavy atom. The average molecular weight is 399 g/mol. The summed E-state index contributed by atoms with van der Waals surface area (Å²) in [6, 6.07) is 1.37. The van der Waals surface area contributed by atoms with Crippen molar-refractivity contribution in [2.45, 2.75) is 19.3 Å². The van der Waals surface area contributed by atoms with Crippen LogP contribution in [0.3, 0.4) is 0 Å². The molecular formula is C15H16BrFN4OS. The van der Waals surface area contributed by atoms with E-state index in [0.29, 0.717) is 17.6 Å². The van der Waals surface area contributed by atoms with Crippen LogP contribution >= 0.6 is 27.3 Å². The lowest BCUT2D eigenvalue weighted by Gasteiger charge is -2.12. The fourth-order valence-electron chi connectivity index (χ4n) is 2.45. The maximum atomic E-state index is 13.6. The van der Waals surface area contributed by atoms with E-state index >= 15 is 0 Å². The van der Waals surface area contributed by atoms with Gasteiger partial charge in [0.05, 0.1) is 17.5 Å². The summed E-state index contributed by atoms with van der Waals surface area (Å²) in [7, 11) is 0. The summed E-state index contributed by atoms with van der Waals surface area (Å²) < 4.78 is 14.0. The molecule has 0 spiro atoms. The summed E-state index contributed by atoms with van der Waals surface area (Å²) in [6.45, 7) is 2.56. The monoisotopic (exact) mass is 398 g/mol. The van der Waals surface area contributed by atoms with Crippen LogP contribution in [-0.4, -0.2) is 35.5 Å². The van der Waals surface area contributed by atoms with Crippen molar-refractivity contribution in [1.82, 2.24) is 15.3 Å². The molecule has 1 N–H and O–H groups in total. The van der Waals surface area contributed by atoms with Gasteiger partial charge < -0.3 is 10.2 Å². The van der Waals surface area contributed by atoms with Gasteiger partial charge in [-0.1, -0.05) is 0 Å². The summed E-state index contributed by atoms with van der Waals surface area (Å²) >= 11 is 4.77. The Labute approximate surface area is 146 Å². The minimum atomic E-state index is -0.629. The maximum Gasteiger partial charge on any atom is 0.254 e. The molecule has 8 heteroatoms. The Balaban J connectivity index is 1.53. The minimum absolute atomic E-state index is 0.0112. The van der Waals surface area contributed by atoms with Gasteiger partial charge in [0.25, 0.3) is 5.91 Å². The zero-order valence-electron chi connectivity index (χ0n) is 12.4. The van der Waals surface area contributed by atoms with E-state index in [4.69, 9.17) is 0 Å². The van der Waals surface area contributed by atoms with Crippen molar-refractivity contribution in [3.05, 3.63) is 39.3 Å². The molecular weight excluding hydrogens is 383 g/mol. The quantitative estimate of drug-likeness (QED) is 0.786. The first-order valence-electron chi connectivity index (χ1n) is 7.42. The molecule has 3 heterocycles. The third kappa shape index (κ3) is 4.06. The van der Waals surface area contributed by atoms with Crippen LogP contribution in [-0.2, 0) is 6.42 Å². The van der Waals surface area contributed by atoms with Crippen LogP contribution in [0.2, 0.25) is 0 Å². The highest BCUT2D eigenvalue weighted by molar-refractivity contribution is 9.10. The van der Waals surface area contributed by atoms with Gasteiger partial charge in [-0.25, -0.2) is 14.4 Å². The van der Waals surface area contributed by atoms with Crippen molar-refractivity contribution in [3.63, 3.8) is 0 Å². The second-order valence-electron chi connectivity index (χ2n) is 5.31. The number of carbonyl (C=O) groups excluding carboxylic acids is 1. The molecule has 0 saturated carbocycles. The average Bonchev–Trinajstić information content (AvgIpc) is 3.20. The van der Waals surface area contributed by atoms with Crippen molar-refractivity contribution in [2.75, 3.05) is 24.5 Å². The van der Waals surface area contributed by atoms with Crippen LogP contribution in [0.25, 0.3) is 0 Å². The fraction of sp³-hybridized carbons (Fsp3) is 0.400. The van der Waals surface area contributed by atoms with Crippen LogP contribution in [0.4, 0.5) is 9.52 Å². The van der Waals surface area contributed by atoms with Gasteiger partial charge in [0.15, 0.2) is 10.9 Å². The second kappa shape index (κ2) is 7.35. The van der Waals surface area contributed by atoms with E-state index in [1.165, 1.54) is 18.9 Å².